The number of nitrogens with two attached hydrogens (primary N) is 1. The summed E-state index contributed by atoms with van der Waals surface area (Å²) in [4.78, 5) is 26.7. The van der Waals surface area contributed by atoms with E-state index in [1.807, 2.05) is 0 Å². The number of nitrogens with zero attached hydrogens (tertiary/aromatic N) is 1. The first-order valence-electron chi connectivity index (χ1n) is 4.68. The van der Waals surface area contributed by atoms with Crippen molar-refractivity contribution in [2.24, 2.45) is 5.73 Å². The Morgan fingerprint density at radius 1 is 1.41 bits per heavy atom. The van der Waals surface area contributed by atoms with E-state index >= 15 is 0 Å². The number of primary amides is 1. The Hall–Kier alpha value is -1.73. The molecule has 0 spiro atoms. The number of carbonyl (C=O) groups excluding carboxylic acids is 2. The monoisotopic (exact) mass is 267 g/mol. The van der Waals surface area contributed by atoms with Gasteiger partial charge in [-0.2, -0.15) is 0 Å². The van der Waals surface area contributed by atoms with E-state index in [4.69, 9.17) is 5.73 Å². The standard InChI is InChI=1S/C10H9N3O2S2/c1-5(14)7-4-17-10(13-7)12-6-2-3-16-8(6)9(11)15/h2-4H,1H3,(H2,11,15)(H,12,13). The number of thiazole rings is 1. The van der Waals surface area contributed by atoms with Crippen LogP contribution in [0.2, 0.25) is 0 Å². The fraction of sp³-hybridized carbons (Fsp3) is 0.100. The van der Waals surface area contributed by atoms with Crippen LogP contribution in [0.1, 0.15) is 27.1 Å². The number of carbonyl (C=O) groups is 2. The zero-order valence-corrected chi connectivity index (χ0v) is 10.5. The number of nitrogens with one attached hydrogen (secondary N) is 1. The van der Waals surface area contributed by atoms with Crippen LogP contribution in [0.5, 0.6) is 0 Å². The van der Waals surface area contributed by atoms with Crippen LogP contribution in [-0.4, -0.2) is 16.7 Å². The van der Waals surface area contributed by atoms with E-state index in [1.54, 1.807) is 16.8 Å². The van der Waals surface area contributed by atoms with Crippen LogP contribution >= 0.6 is 22.7 Å². The summed E-state index contributed by atoms with van der Waals surface area (Å²) in [5.41, 5.74) is 6.25. The molecule has 0 aliphatic heterocycles. The van der Waals surface area contributed by atoms with Gasteiger partial charge in [0.15, 0.2) is 10.9 Å². The highest BCUT2D eigenvalue weighted by Crippen LogP contribution is 2.27. The van der Waals surface area contributed by atoms with Crippen molar-refractivity contribution >= 4 is 45.2 Å². The summed E-state index contributed by atoms with van der Waals surface area (Å²) in [6.45, 7) is 1.46. The molecule has 2 aromatic rings. The molecule has 0 aliphatic rings. The summed E-state index contributed by atoms with van der Waals surface area (Å²) in [7, 11) is 0. The summed E-state index contributed by atoms with van der Waals surface area (Å²) in [6, 6.07) is 1.75. The molecule has 2 aromatic heterocycles. The third-order valence-electron chi connectivity index (χ3n) is 2.00. The number of hydrogen-bond donors (Lipinski definition) is 2. The molecular formula is C10H9N3O2S2. The van der Waals surface area contributed by atoms with Crippen molar-refractivity contribution < 1.29 is 9.59 Å². The molecule has 0 aromatic carbocycles. The van der Waals surface area contributed by atoms with E-state index in [0.29, 0.717) is 21.4 Å². The molecule has 0 unspecified atom stereocenters. The number of anilines is 2. The van der Waals surface area contributed by atoms with Gasteiger partial charge in [0.2, 0.25) is 0 Å². The van der Waals surface area contributed by atoms with Crippen LogP contribution < -0.4 is 11.1 Å². The van der Waals surface area contributed by atoms with Crippen LogP contribution in [0, 0.1) is 0 Å². The van der Waals surface area contributed by atoms with E-state index in [9.17, 15) is 9.59 Å². The van der Waals surface area contributed by atoms with Gasteiger partial charge >= 0.3 is 0 Å². The van der Waals surface area contributed by atoms with Gasteiger partial charge in [0.25, 0.3) is 5.91 Å². The second-order valence-electron chi connectivity index (χ2n) is 3.25. The number of ketones is 1. The molecule has 0 bridgehead atoms. The molecule has 0 saturated heterocycles. The molecule has 5 nitrogen and oxygen atoms in total. The first kappa shape index (κ1) is 11.7. The van der Waals surface area contributed by atoms with Gasteiger partial charge < -0.3 is 11.1 Å². The summed E-state index contributed by atoms with van der Waals surface area (Å²) in [5, 5.41) is 6.97. The summed E-state index contributed by atoms with van der Waals surface area (Å²) < 4.78 is 0. The lowest BCUT2D eigenvalue weighted by atomic mass is 10.3. The lowest BCUT2D eigenvalue weighted by Gasteiger charge is -2.00. The zero-order chi connectivity index (χ0) is 12.4. The van der Waals surface area contributed by atoms with Gasteiger partial charge in [-0.05, 0) is 11.4 Å². The Labute approximate surface area is 105 Å². The lowest BCUT2D eigenvalue weighted by Crippen LogP contribution is -2.10. The van der Waals surface area contributed by atoms with Gasteiger partial charge in [0.05, 0.1) is 5.69 Å². The number of aromatic nitrogens is 1. The predicted octanol–water partition coefficient (Wildman–Crippen LogP) is 2.25. The molecule has 0 atom stereocenters. The van der Waals surface area contributed by atoms with Crippen LogP contribution in [0.3, 0.4) is 0 Å². The lowest BCUT2D eigenvalue weighted by molar-refractivity contribution is 0.0998. The summed E-state index contributed by atoms with van der Waals surface area (Å²) in [5.74, 6) is -0.569. The van der Waals surface area contributed by atoms with Crippen LogP contribution in [-0.2, 0) is 0 Å². The Bertz CT molecular complexity index is 574. The third-order valence-corrected chi connectivity index (χ3v) is 3.68. The normalized spacial score (nSPS) is 10.2. The van der Waals surface area contributed by atoms with E-state index in [1.165, 1.54) is 29.6 Å². The average Bonchev–Trinajstić information content (AvgIpc) is 2.86. The van der Waals surface area contributed by atoms with Crippen LogP contribution in [0.4, 0.5) is 10.8 Å². The van der Waals surface area contributed by atoms with Crippen molar-refractivity contribution in [3.05, 3.63) is 27.4 Å². The van der Waals surface area contributed by atoms with Gasteiger partial charge in [-0.3, -0.25) is 9.59 Å². The van der Waals surface area contributed by atoms with E-state index in [2.05, 4.69) is 10.3 Å². The molecule has 0 radical (unpaired) electrons. The molecule has 88 valence electrons. The van der Waals surface area contributed by atoms with Crippen molar-refractivity contribution in [1.82, 2.24) is 4.98 Å². The Balaban J connectivity index is 2.22. The van der Waals surface area contributed by atoms with Crippen molar-refractivity contribution in [2.75, 3.05) is 5.32 Å². The largest absolute Gasteiger partial charge is 0.365 e. The SMILES string of the molecule is CC(=O)c1csc(Nc2ccsc2C(N)=O)n1. The number of rotatable bonds is 4. The number of amides is 1. The van der Waals surface area contributed by atoms with E-state index in [0.717, 1.165) is 0 Å². The zero-order valence-electron chi connectivity index (χ0n) is 8.89. The van der Waals surface area contributed by atoms with E-state index < -0.39 is 5.91 Å². The molecule has 0 saturated carbocycles. The Kier molecular flexibility index (Phi) is 3.21. The summed E-state index contributed by atoms with van der Waals surface area (Å²) in [6.07, 6.45) is 0. The second kappa shape index (κ2) is 4.64. The first-order valence-corrected chi connectivity index (χ1v) is 6.44. The van der Waals surface area contributed by atoms with Gasteiger partial charge in [0, 0.05) is 12.3 Å². The topological polar surface area (TPSA) is 85.1 Å². The van der Waals surface area contributed by atoms with Gasteiger partial charge in [0.1, 0.15) is 10.6 Å². The quantitative estimate of drug-likeness (QED) is 0.832. The predicted molar refractivity (Wildman–Crippen MR) is 68.2 cm³/mol. The molecule has 17 heavy (non-hydrogen) atoms. The third kappa shape index (κ3) is 2.51. The molecule has 1 amide bonds. The van der Waals surface area contributed by atoms with Crippen molar-refractivity contribution in [3.8, 4) is 0 Å². The number of thiophene rings is 1. The molecule has 2 rings (SSSR count). The van der Waals surface area contributed by atoms with Gasteiger partial charge in [-0.25, -0.2) is 4.98 Å². The molecule has 0 aliphatic carbocycles. The maximum atomic E-state index is 11.1. The highest BCUT2D eigenvalue weighted by Gasteiger charge is 2.12. The average molecular weight is 267 g/mol. The minimum atomic E-state index is -0.481. The Morgan fingerprint density at radius 3 is 2.76 bits per heavy atom. The van der Waals surface area contributed by atoms with Gasteiger partial charge in [-0.15, -0.1) is 22.7 Å². The van der Waals surface area contributed by atoms with Crippen LogP contribution in [0.15, 0.2) is 16.8 Å². The fourth-order valence-electron chi connectivity index (χ4n) is 1.21. The maximum Gasteiger partial charge on any atom is 0.260 e. The Morgan fingerprint density at radius 2 is 2.18 bits per heavy atom. The summed E-state index contributed by atoms with van der Waals surface area (Å²) >= 11 is 2.57. The first-order chi connectivity index (χ1) is 8.08. The minimum Gasteiger partial charge on any atom is -0.365 e. The highest BCUT2D eigenvalue weighted by atomic mass is 32.1. The maximum absolute atomic E-state index is 11.1. The van der Waals surface area contributed by atoms with Crippen molar-refractivity contribution in [1.29, 1.82) is 0 Å². The minimum absolute atomic E-state index is 0.0882. The van der Waals surface area contributed by atoms with Crippen molar-refractivity contribution in [2.45, 2.75) is 6.92 Å². The second-order valence-corrected chi connectivity index (χ2v) is 5.02. The smallest absolute Gasteiger partial charge is 0.260 e. The number of Topliss-reactive ketones (excluding diaryl/α,β-unsaturated/α-hetero) is 1. The van der Waals surface area contributed by atoms with Crippen molar-refractivity contribution in [3.63, 3.8) is 0 Å². The van der Waals surface area contributed by atoms with Crippen LogP contribution in [0.25, 0.3) is 0 Å². The number of hydrogen-bond acceptors (Lipinski definition) is 6. The van der Waals surface area contributed by atoms with Gasteiger partial charge in [-0.1, -0.05) is 0 Å². The molecule has 0 fully saturated rings. The molecule has 2 heterocycles. The molecular weight excluding hydrogens is 258 g/mol. The van der Waals surface area contributed by atoms with E-state index in [-0.39, 0.29) is 5.78 Å². The highest BCUT2D eigenvalue weighted by molar-refractivity contribution is 7.14. The fourth-order valence-corrected chi connectivity index (χ4v) is 2.67. The molecule has 3 N–H and O–H groups in total. The molecule has 7 heteroatoms.